The summed E-state index contributed by atoms with van der Waals surface area (Å²) in [4.78, 5) is 0. The van der Waals surface area contributed by atoms with Crippen LogP contribution < -0.4 is 0 Å². The second-order valence-electron chi connectivity index (χ2n) is 4.61. The third kappa shape index (κ3) is 5.47. The molecular weight excluding hydrogens is 212 g/mol. The number of rotatable bonds is 9. The molecule has 0 heterocycles. The molecule has 0 saturated carbocycles. The van der Waals surface area contributed by atoms with E-state index in [-0.39, 0.29) is 6.10 Å². The van der Waals surface area contributed by atoms with Crippen molar-refractivity contribution in [2.24, 2.45) is 11.8 Å². The van der Waals surface area contributed by atoms with Crippen molar-refractivity contribution < 1.29 is 4.43 Å². The van der Waals surface area contributed by atoms with Crippen LogP contribution in [-0.4, -0.2) is 15.1 Å². The van der Waals surface area contributed by atoms with Crippen LogP contribution >= 0.6 is 0 Å². The van der Waals surface area contributed by atoms with Gasteiger partial charge in [0.25, 0.3) is 0 Å². The molecule has 1 nitrogen and oxygen atoms in total. The van der Waals surface area contributed by atoms with Gasteiger partial charge in [0.05, 0.1) is 6.10 Å². The Labute approximate surface area is 103 Å². The van der Waals surface area contributed by atoms with Crippen LogP contribution in [0.2, 0.25) is 12.1 Å². The van der Waals surface area contributed by atoms with Gasteiger partial charge in [-0.25, -0.2) is 0 Å². The molecule has 0 saturated heterocycles. The van der Waals surface area contributed by atoms with E-state index in [0.29, 0.717) is 11.8 Å². The topological polar surface area (TPSA) is 9.23 Å². The maximum Gasteiger partial charge on any atom is 0.184 e. The summed E-state index contributed by atoms with van der Waals surface area (Å²) in [6, 6.07) is 2.03. The van der Waals surface area contributed by atoms with E-state index in [1.54, 1.807) is 0 Å². The smallest absolute Gasteiger partial charge is 0.184 e. The normalized spacial score (nSPS) is 14.8. The summed E-state index contributed by atoms with van der Waals surface area (Å²) >= 11 is 0. The summed E-state index contributed by atoms with van der Waals surface area (Å²) in [5.41, 5.74) is 0. The van der Waals surface area contributed by atoms with Crippen LogP contribution in [0.5, 0.6) is 0 Å². The third-order valence-electron chi connectivity index (χ3n) is 2.76. The van der Waals surface area contributed by atoms with Crippen molar-refractivity contribution in [3.8, 4) is 0 Å². The molecular formula is C14H26OSi. The highest BCUT2D eigenvalue weighted by Crippen LogP contribution is 2.20. The van der Waals surface area contributed by atoms with Crippen molar-refractivity contribution in [1.29, 1.82) is 0 Å². The largest absolute Gasteiger partial charge is 0.416 e. The summed E-state index contributed by atoms with van der Waals surface area (Å²) in [5, 5.41) is 0. The van der Waals surface area contributed by atoms with E-state index in [9.17, 15) is 0 Å². The lowest BCUT2D eigenvalue weighted by molar-refractivity contribution is 0.115. The standard InChI is InChI=1S/C14H26OSi/c1-7-10-16(11-8-2)15-14(12(4)5)13(6)9-3/h7-9,12-14,16H,1-3,10-11H2,4-6H3/t13-,14+/m0/s1. The van der Waals surface area contributed by atoms with Gasteiger partial charge in [-0.1, -0.05) is 39.0 Å². The Morgan fingerprint density at radius 2 is 1.56 bits per heavy atom. The molecule has 0 radical (unpaired) electrons. The zero-order chi connectivity index (χ0) is 12.6. The van der Waals surface area contributed by atoms with E-state index in [4.69, 9.17) is 4.43 Å². The maximum absolute atomic E-state index is 6.27. The minimum absolute atomic E-state index is 0.286. The van der Waals surface area contributed by atoms with Crippen LogP contribution in [0.1, 0.15) is 20.8 Å². The van der Waals surface area contributed by atoms with Crippen molar-refractivity contribution in [3.05, 3.63) is 38.0 Å². The van der Waals surface area contributed by atoms with Gasteiger partial charge in [-0.3, -0.25) is 0 Å². The molecule has 0 aromatic heterocycles. The molecule has 0 aliphatic heterocycles. The summed E-state index contributed by atoms with van der Waals surface area (Å²) in [6.45, 7) is 18.0. The van der Waals surface area contributed by atoms with Crippen LogP contribution in [0.3, 0.4) is 0 Å². The van der Waals surface area contributed by atoms with Crippen LogP contribution in [0.15, 0.2) is 38.0 Å². The molecule has 0 bridgehead atoms. The first-order chi connectivity index (χ1) is 7.56. The number of allylic oxidation sites excluding steroid dienone is 2. The Bertz CT molecular complexity index is 213. The predicted molar refractivity (Wildman–Crippen MR) is 76.2 cm³/mol. The van der Waals surface area contributed by atoms with Gasteiger partial charge >= 0.3 is 0 Å². The lowest BCUT2D eigenvalue weighted by atomic mass is 9.95. The number of hydrogen-bond donors (Lipinski definition) is 0. The van der Waals surface area contributed by atoms with Crippen LogP contribution in [0.4, 0.5) is 0 Å². The fraction of sp³-hybridized carbons (Fsp3) is 0.571. The Kier molecular flexibility index (Phi) is 8.22. The Morgan fingerprint density at radius 3 is 1.88 bits per heavy atom. The molecule has 2 atom stereocenters. The zero-order valence-electron chi connectivity index (χ0n) is 11.0. The summed E-state index contributed by atoms with van der Waals surface area (Å²) in [7, 11) is -1.20. The van der Waals surface area contributed by atoms with Crippen molar-refractivity contribution >= 4 is 9.04 Å². The highest BCUT2D eigenvalue weighted by atomic mass is 28.3. The van der Waals surface area contributed by atoms with E-state index in [1.165, 1.54) is 0 Å². The number of hydrogen-bond acceptors (Lipinski definition) is 1. The van der Waals surface area contributed by atoms with Gasteiger partial charge in [-0.05, 0) is 23.9 Å². The monoisotopic (exact) mass is 238 g/mol. The Hall–Kier alpha value is -0.603. The van der Waals surface area contributed by atoms with E-state index >= 15 is 0 Å². The van der Waals surface area contributed by atoms with Crippen molar-refractivity contribution in [2.75, 3.05) is 0 Å². The van der Waals surface area contributed by atoms with Crippen LogP contribution in [-0.2, 0) is 4.43 Å². The maximum atomic E-state index is 6.27. The van der Waals surface area contributed by atoms with Gasteiger partial charge in [-0.2, -0.15) is 0 Å². The third-order valence-corrected chi connectivity index (χ3v) is 5.17. The lowest BCUT2D eigenvalue weighted by Crippen LogP contribution is -2.33. The predicted octanol–water partition coefficient (Wildman–Crippen LogP) is 3.95. The Balaban J connectivity index is 4.48. The first-order valence-electron chi connectivity index (χ1n) is 6.06. The molecule has 0 spiro atoms. The highest BCUT2D eigenvalue weighted by Gasteiger charge is 2.23. The van der Waals surface area contributed by atoms with Gasteiger partial charge in [-0.15, -0.1) is 19.7 Å². The molecule has 0 rings (SSSR count). The summed E-state index contributed by atoms with van der Waals surface area (Å²) in [6.07, 6.45) is 6.21. The highest BCUT2D eigenvalue weighted by molar-refractivity contribution is 6.53. The van der Waals surface area contributed by atoms with Crippen molar-refractivity contribution in [2.45, 2.75) is 39.0 Å². The zero-order valence-corrected chi connectivity index (χ0v) is 12.1. The van der Waals surface area contributed by atoms with Crippen molar-refractivity contribution in [1.82, 2.24) is 0 Å². The van der Waals surface area contributed by atoms with E-state index in [0.717, 1.165) is 12.1 Å². The average Bonchev–Trinajstić information content (AvgIpc) is 2.24. The minimum Gasteiger partial charge on any atom is -0.416 e. The van der Waals surface area contributed by atoms with Crippen LogP contribution in [0, 0.1) is 11.8 Å². The molecule has 0 aromatic carbocycles. The van der Waals surface area contributed by atoms with Gasteiger partial charge in [0.2, 0.25) is 0 Å². The molecule has 2 heteroatoms. The van der Waals surface area contributed by atoms with Crippen molar-refractivity contribution in [3.63, 3.8) is 0 Å². The van der Waals surface area contributed by atoms with Gasteiger partial charge in [0.15, 0.2) is 9.04 Å². The fourth-order valence-electron chi connectivity index (χ4n) is 1.82. The van der Waals surface area contributed by atoms with Gasteiger partial charge in [0.1, 0.15) is 0 Å². The lowest BCUT2D eigenvalue weighted by Gasteiger charge is -2.29. The summed E-state index contributed by atoms with van der Waals surface area (Å²) in [5.74, 6) is 0.933. The van der Waals surface area contributed by atoms with Crippen LogP contribution in [0.25, 0.3) is 0 Å². The fourth-order valence-corrected chi connectivity index (χ4v) is 3.99. The van der Waals surface area contributed by atoms with Gasteiger partial charge < -0.3 is 4.43 Å². The van der Waals surface area contributed by atoms with Gasteiger partial charge in [0, 0.05) is 0 Å². The minimum atomic E-state index is -1.20. The molecule has 16 heavy (non-hydrogen) atoms. The molecule has 92 valence electrons. The van der Waals surface area contributed by atoms with E-state index in [2.05, 4.69) is 40.5 Å². The van der Waals surface area contributed by atoms with E-state index < -0.39 is 9.04 Å². The molecule has 0 aromatic rings. The first-order valence-corrected chi connectivity index (χ1v) is 8.17. The molecule has 0 fully saturated rings. The molecule has 0 amide bonds. The quantitative estimate of drug-likeness (QED) is 0.436. The second kappa shape index (κ2) is 8.54. The molecule has 0 aliphatic rings. The second-order valence-corrected chi connectivity index (χ2v) is 7.07. The SMILES string of the molecule is C=CC[SiH](CC=C)O[C@H](C(C)C)[C@@H](C)C=C. The molecule has 0 aliphatic carbocycles. The summed E-state index contributed by atoms with van der Waals surface area (Å²) < 4.78 is 6.27. The first kappa shape index (κ1) is 15.4. The Morgan fingerprint density at radius 1 is 1.06 bits per heavy atom. The molecule has 0 unspecified atom stereocenters. The molecule has 0 N–H and O–H groups in total. The van der Waals surface area contributed by atoms with E-state index in [1.807, 2.05) is 18.2 Å². The average molecular weight is 238 g/mol.